The Morgan fingerprint density at radius 3 is 2.50 bits per heavy atom. The number of ketones is 1. The molecule has 0 bridgehead atoms. The summed E-state index contributed by atoms with van der Waals surface area (Å²) in [4.78, 5) is 27.6. The number of rotatable bonds is 9. The van der Waals surface area contributed by atoms with E-state index in [4.69, 9.17) is 9.47 Å². The van der Waals surface area contributed by atoms with Gasteiger partial charge >= 0.3 is 0 Å². The zero-order valence-electron chi connectivity index (χ0n) is 24.2. The number of Topliss-reactive ketones (excluding diaryl/α,β-unsaturated/α-hetero) is 1. The van der Waals surface area contributed by atoms with Crippen molar-refractivity contribution >= 4 is 17.8 Å². The lowest BCUT2D eigenvalue weighted by Crippen LogP contribution is -2.44. The van der Waals surface area contributed by atoms with E-state index in [2.05, 4.69) is 22.3 Å². The molecule has 6 rings (SSSR count). The number of carbonyl (C=O) groups excluding carboxylic acids is 2. The average molecular weight is 589 g/mol. The van der Waals surface area contributed by atoms with Gasteiger partial charge in [-0.2, -0.15) is 0 Å². The molecule has 6 nitrogen and oxygen atoms in total. The lowest BCUT2D eigenvalue weighted by Gasteiger charge is -2.32. The molecular weight excluding hydrogens is 555 g/mol. The Bertz CT molecular complexity index is 1690. The molecule has 0 atom stereocenters. The minimum atomic E-state index is -0.351. The fourth-order valence-corrected chi connectivity index (χ4v) is 5.43. The summed E-state index contributed by atoms with van der Waals surface area (Å²) in [6.45, 7) is 2.96. The minimum Gasteiger partial charge on any atom is -0.489 e. The van der Waals surface area contributed by atoms with Crippen molar-refractivity contribution in [2.75, 3.05) is 13.1 Å². The summed E-state index contributed by atoms with van der Waals surface area (Å²) in [5, 5.41) is 3.08. The van der Waals surface area contributed by atoms with Gasteiger partial charge in [0.1, 0.15) is 23.9 Å². The zero-order valence-corrected chi connectivity index (χ0v) is 24.2. The summed E-state index contributed by atoms with van der Waals surface area (Å²) in [5.74, 6) is 0.764. The Labute approximate surface area is 256 Å². The predicted molar refractivity (Wildman–Crippen MR) is 168 cm³/mol. The second-order valence-corrected chi connectivity index (χ2v) is 11.0. The number of hydrogen-bond acceptors (Lipinski definition) is 5. The molecule has 4 aromatic carbocycles. The van der Waals surface area contributed by atoms with Crippen LogP contribution in [0.4, 0.5) is 4.39 Å². The maximum atomic E-state index is 13.2. The lowest BCUT2D eigenvalue weighted by atomic mass is 10.0. The van der Waals surface area contributed by atoms with Crippen LogP contribution in [0.15, 0.2) is 115 Å². The molecule has 1 N–H and O–H groups in total. The molecule has 0 aliphatic carbocycles. The van der Waals surface area contributed by atoms with Gasteiger partial charge in [-0.1, -0.05) is 66.7 Å². The highest BCUT2D eigenvalue weighted by molar-refractivity contribution is 6.12. The summed E-state index contributed by atoms with van der Waals surface area (Å²) in [6, 6.07) is 29.2. The van der Waals surface area contributed by atoms with E-state index < -0.39 is 0 Å². The van der Waals surface area contributed by atoms with E-state index in [0.29, 0.717) is 29.2 Å². The van der Waals surface area contributed by atoms with E-state index in [1.807, 2.05) is 54.6 Å². The summed E-state index contributed by atoms with van der Waals surface area (Å²) < 4.78 is 25.1. The van der Waals surface area contributed by atoms with Gasteiger partial charge in [-0.3, -0.25) is 14.5 Å². The fraction of sp³-hybridized carbons (Fsp3) is 0.189. The van der Waals surface area contributed by atoms with Crippen LogP contribution in [-0.2, 0) is 13.2 Å². The molecule has 1 fully saturated rings. The third-order valence-corrected chi connectivity index (χ3v) is 7.81. The smallest absolute Gasteiger partial charge is 0.251 e. The van der Waals surface area contributed by atoms with Gasteiger partial charge in [0.05, 0.1) is 5.56 Å². The van der Waals surface area contributed by atoms with Crippen LogP contribution < -0.4 is 14.8 Å². The van der Waals surface area contributed by atoms with Gasteiger partial charge < -0.3 is 14.8 Å². The van der Waals surface area contributed by atoms with Gasteiger partial charge in [0.25, 0.3) is 5.91 Å². The van der Waals surface area contributed by atoms with Crippen LogP contribution in [0.1, 0.15) is 50.2 Å². The molecule has 0 radical (unpaired) electrons. The van der Waals surface area contributed by atoms with Crippen LogP contribution in [0.25, 0.3) is 6.08 Å². The topological polar surface area (TPSA) is 67.9 Å². The Kier molecular flexibility index (Phi) is 8.94. The Balaban J connectivity index is 0.984. The van der Waals surface area contributed by atoms with E-state index in [9.17, 15) is 14.0 Å². The molecule has 0 aromatic heterocycles. The maximum Gasteiger partial charge on any atom is 0.251 e. The Morgan fingerprint density at radius 1 is 0.932 bits per heavy atom. The number of carbonyl (C=O) groups is 2. The normalized spacial score (nSPS) is 16.2. The molecule has 222 valence electrons. The number of halogens is 1. The molecule has 7 heteroatoms. The summed E-state index contributed by atoms with van der Waals surface area (Å²) in [7, 11) is 0. The number of fused-ring (bicyclic) bond motifs is 1. The van der Waals surface area contributed by atoms with Crippen LogP contribution >= 0.6 is 0 Å². The number of nitrogens with one attached hydrogen (secondary N) is 1. The molecular formula is C37H33FN2O4. The first kappa shape index (κ1) is 29.1. The molecule has 1 saturated heterocycles. The summed E-state index contributed by atoms with van der Waals surface area (Å²) in [5.41, 5.74) is 4.29. The van der Waals surface area contributed by atoms with E-state index in [-0.39, 0.29) is 29.3 Å². The van der Waals surface area contributed by atoms with Crippen molar-refractivity contribution in [1.82, 2.24) is 10.2 Å². The van der Waals surface area contributed by atoms with Crippen molar-refractivity contribution in [3.63, 3.8) is 0 Å². The van der Waals surface area contributed by atoms with Crippen LogP contribution in [0, 0.1) is 5.82 Å². The highest BCUT2D eigenvalue weighted by Gasteiger charge is 2.27. The summed E-state index contributed by atoms with van der Waals surface area (Å²) >= 11 is 0. The Hall–Kier alpha value is -5.01. The van der Waals surface area contributed by atoms with Gasteiger partial charge in [-0.05, 0) is 72.0 Å². The quantitative estimate of drug-likeness (QED) is 0.214. The van der Waals surface area contributed by atoms with Gasteiger partial charge in [-0.25, -0.2) is 4.39 Å². The number of amides is 1. The van der Waals surface area contributed by atoms with Crippen molar-refractivity contribution in [3.8, 4) is 11.5 Å². The first-order chi connectivity index (χ1) is 21.5. The molecule has 0 unspecified atom stereocenters. The second kappa shape index (κ2) is 13.5. The highest BCUT2D eigenvalue weighted by Crippen LogP contribution is 2.34. The third-order valence-electron chi connectivity index (χ3n) is 7.81. The molecule has 2 aliphatic heterocycles. The monoisotopic (exact) mass is 588 g/mol. The molecule has 1 amide bonds. The third kappa shape index (κ3) is 7.30. The molecule has 2 heterocycles. The number of piperidine rings is 1. The Morgan fingerprint density at radius 2 is 1.70 bits per heavy atom. The predicted octanol–water partition coefficient (Wildman–Crippen LogP) is 6.97. The van der Waals surface area contributed by atoms with E-state index in [1.54, 1.807) is 24.3 Å². The van der Waals surface area contributed by atoms with E-state index >= 15 is 0 Å². The zero-order chi connectivity index (χ0) is 30.3. The van der Waals surface area contributed by atoms with Gasteiger partial charge in [-0.15, -0.1) is 0 Å². The van der Waals surface area contributed by atoms with E-state index in [0.717, 1.165) is 43.6 Å². The van der Waals surface area contributed by atoms with Crippen LogP contribution in [0.3, 0.4) is 0 Å². The number of likely N-dealkylation sites (tertiary alicyclic amines) is 1. The standard InChI is InChI=1S/C37H33FN2O4/c38-30-14-12-29(13-15-30)37(42)39-31-18-20-40(21-19-31)24-27-9-4-10-28(22-27)25-43-32-16-17-33-35(23-32)44-34(36(33)41)11-5-8-26-6-2-1-3-7-26/h1-17,22-23,31H,18-21,24-25H2,(H,39,42)/b8-5+,34-11+. The van der Waals surface area contributed by atoms with Crippen molar-refractivity contribution in [3.05, 3.63) is 149 Å². The van der Waals surface area contributed by atoms with Gasteiger partial charge in [0.2, 0.25) is 5.78 Å². The van der Waals surface area contributed by atoms with Crippen molar-refractivity contribution in [2.24, 2.45) is 0 Å². The van der Waals surface area contributed by atoms with Crippen LogP contribution in [0.2, 0.25) is 0 Å². The first-order valence-electron chi connectivity index (χ1n) is 14.8. The van der Waals surface area contributed by atoms with Crippen LogP contribution in [-0.4, -0.2) is 35.7 Å². The molecule has 2 aliphatic rings. The van der Waals surface area contributed by atoms with Gasteiger partial charge in [0, 0.05) is 37.3 Å². The lowest BCUT2D eigenvalue weighted by molar-refractivity contribution is 0.0908. The molecule has 0 saturated carbocycles. The molecule has 44 heavy (non-hydrogen) atoms. The van der Waals surface area contributed by atoms with E-state index in [1.165, 1.54) is 29.8 Å². The van der Waals surface area contributed by atoms with Crippen molar-refractivity contribution in [2.45, 2.75) is 32.0 Å². The first-order valence-corrected chi connectivity index (χ1v) is 14.8. The highest BCUT2D eigenvalue weighted by atomic mass is 19.1. The fourth-order valence-electron chi connectivity index (χ4n) is 5.43. The van der Waals surface area contributed by atoms with Gasteiger partial charge in [0.15, 0.2) is 5.76 Å². The number of hydrogen-bond donors (Lipinski definition) is 1. The minimum absolute atomic E-state index is 0.104. The molecule has 4 aromatic rings. The number of allylic oxidation sites excluding steroid dienone is 3. The summed E-state index contributed by atoms with van der Waals surface area (Å²) in [6.07, 6.45) is 7.15. The van der Waals surface area contributed by atoms with Crippen molar-refractivity contribution in [1.29, 1.82) is 0 Å². The second-order valence-electron chi connectivity index (χ2n) is 11.0. The van der Waals surface area contributed by atoms with Crippen molar-refractivity contribution < 1.29 is 23.5 Å². The average Bonchev–Trinajstić information content (AvgIpc) is 3.36. The number of nitrogens with zero attached hydrogens (tertiary/aromatic N) is 1. The maximum absolute atomic E-state index is 13.2. The largest absolute Gasteiger partial charge is 0.489 e. The van der Waals surface area contributed by atoms with Crippen LogP contribution in [0.5, 0.6) is 11.5 Å². The number of benzene rings is 4. The number of ether oxygens (including phenoxy) is 2. The SMILES string of the molecule is O=C(NC1CCN(Cc2cccc(COc3ccc4c(c3)O/C(=C/C=C/c3ccccc3)C4=O)c2)CC1)c1ccc(F)cc1. The molecule has 0 spiro atoms.